The van der Waals surface area contributed by atoms with Crippen LogP contribution in [0.15, 0.2) is 54.9 Å². The maximum absolute atomic E-state index is 6.55. The molecular formula is C23H22Cl2N6. The minimum atomic E-state index is 0.450. The van der Waals surface area contributed by atoms with Gasteiger partial charge in [-0.3, -0.25) is 4.57 Å². The molecule has 0 amide bonds. The first-order valence-electron chi connectivity index (χ1n) is 10.3. The van der Waals surface area contributed by atoms with E-state index in [9.17, 15) is 0 Å². The second kappa shape index (κ2) is 8.11. The number of imidazole rings is 1. The molecule has 158 valence electrons. The van der Waals surface area contributed by atoms with Crippen LogP contribution in [-0.2, 0) is 0 Å². The van der Waals surface area contributed by atoms with E-state index >= 15 is 0 Å². The maximum atomic E-state index is 6.55. The molecule has 1 saturated heterocycles. The standard InChI is InChI=1S/C23H22Cl2N6/c1-14(2)28-16-11-30(12-16)22-20-23(27-13-26-22)31(17-9-7-15(24)8-10-17)21(29-20)18-5-3-4-6-19(18)25/h3-10,13-14,16,28H,11-12H2,1-2H3. The summed E-state index contributed by atoms with van der Waals surface area (Å²) in [6.45, 7) is 6.10. The summed E-state index contributed by atoms with van der Waals surface area (Å²) >= 11 is 12.7. The molecular weight excluding hydrogens is 431 g/mol. The summed E-state index contributed by atoms with van der Waals surface area (Å²) < 4.78 is 2.02. The van der Waals surface area contributed by atoms with E-state index in [0.717, 1.165) is 47.1 Å². The van der Waals surface area contributed by atoms with Gasteiger partial charge in [-0.25, -0.2) is 15.0 Å². The van der Waals surface area contributed by atoms with Crippen molar-refractivity contribution in [3.8, 4) is 17.1 Å². The first-order valence-corrected chi connectivity index (χ1v) is 11.0. The lowest BCUT2D eigenvalue weighted by molar-refractivity contribution is 0.388. The lowest BCUT2D eigenvalue weighted by atomic mass is 10.1. The zero-order chi connectivity index (χ0) is 21.5. The lowest BCUT2D eigenvalue weighted by Gasteiger charge is -2.41. The van der Waals surface area contributed by atoms with Crippen LogP contribution < -0.4 is 10.2 Å². The minimum Gasteiger partial charge on any atom is -0.351 e. The molecule has 0 radical (unpaired) electrons. The molecule has 2 aromatic carbocycles. The van der Waals surface area contributed by atoms with Crippen molar-refractivity contribution in [1.29, 1.82) is 0 Å². The molecule has 3 heterocycles. The number of nitrogens with zero attached hydrogens (tertiary/aromatic N) is 5. The average Bonchev–Trinajstić information content (AvgIpc) is 3.11. The van der Waals surface area contributed by atoms with Gasteiger partial charge in [0, 0.05) is 41.4 Å². The van der Waals surface area contributed by atoms with E-state index in [0.29, 0.717) is 22.1 Å². The van der Waals surface area contributed by atoms with Gasteiger partial charge in [-0.1, -0.05) is 49.2 Å². The third kappa shape index (κ3) is 3.76. The fraction of sp³-hybridized carbons (Fsp3) is 0.261. The summed E-state index contributed by atoms with van der Waals surface area (Å²) in [5.74, 6) is 1.56. The first-order chi connectivity index (χ1) is 15.0. The van der Waals surface area contributed by atoms with Crippen LogP contribution >= 0.6 is 23.2 Å². The molecule has 2 aromatic heterocycles. The number of hydrogen-bond donors (Lipinski definition) is 1. The minimum absolute atomic E-state index is 0.450. The van der Waals surface area contributed by atoms with Crippen molar-refractivity contribution in [2.75, 3.05) is 18.0 Å². The number of fused-ring (bicyclic) bond motifs is 1. The largest absolute Gasteiger partial charge is 0.351 e. The Labute approximate surface area is 190 Å². The molecule has 8 heteroatoms. The van der Waals surface area contributed by atoms with Gasteiger partial charge >= 0.3 is 0 Å². The third-order valence-corrected chi connectivity index (χ3v) is 5.96. The molecule has 0 saturated carbocycles. The third-order valence-electron chi connectivity index (χ3n) is 5.37. The highest BCUT2D eigenvalue weighted by molar-refractivity contribution is 6.33. The van der Waals surface area contributed by atoms with Crippen LogP contribution in [0.3, 0.4) is 0 Å². The van der Waals surface area contributed by atoms with Crippen LogP contribution in [0.2, 0.25) is 10.0 Å². The first kappa shape index (κ1) is 20.2. The molecule has 1 N–H and O–H groups in total. The van der Waals surface area contributed by atoms with E-state index in [-0.39, 0.29) is 0 Å². The number of nitrogens with one attached hydrogen (secondary N) is 1. The number of hydrogen-bond acceptors (Lipinski definition) is 5. The van der Waals surface area contributed by atoms with Crippen molar-refractivity contribution in [2.24, 2.45) is 0 Å². The van der Waals surface area contributed by atoms with E-state index < -0.39 is 0 Å². The summed E-state index contributed by atoms with van der Waals surface area (Å²) in [6, 6.07) is 16.2. The van der Waals surface area contributed by atoms with Gasteiger partial charge < -0.3 is 10.2 Å². The van der Waals surface area contributed by atoms with Crippen LogP contribution in [0, 0.1) is 0 Å². The van der Waals surface area contributed by atoms with E-state index in [1.165, 1.54) is 0 Å². The fourth-order valence-electron chi connectivity index (χ4n) is 4.00. The molecule has 1 fully saturated rings. The van der Waals surface area contributed by atoms with E-state index in [2.05, 4.69) is 34.0 Å². The number of anilines is 1. The molecule has 31 heavy (non-hydrogen) atoms. The number of aromatic nitrogens is 4. The van der Waals surface area contributed by atoms with Crippen LogP contribution in [0.25, 0.3) is 28.2 Å². The van der Waals surface area contributed by atoms with Crippen molar-refractivity contribution in [2.45, 2.75) is 25.9 Å². The van der Waals surface area contributed by atoms with Gasteiger partial charge in [-0.05, 0) is 36.4 Å². The fourth-order valence-corrected chi connectivity index (χ4v) is 4.34. The molecule has 0 bridgehead atoms. The molecule has 1 aliphatic heterocycles. The van der Waals surface area contributed by atoms with Gasteiger partial charge in [-0.2, -0.15) is 0 Å². The summed E-state index contributed by atoms with van der Waals surface area (Å²) in [5, 5.41) is 4.87. The van der Waals surface area contributed by atoms with Crippen LogP contribution in [-0.4, -0.2) is 44.7 Å². The Morgan fingerprint density at radius 1 is 1.00 bits per heavy atom. The second-order valence-electron chi connectivity index (χ2n) is 8.02. The second-order valence-corrected chi connectivity index (χ2v) is 8.86. The average molecular weight is 453 g/mol. The predicted molar refractivity (Wildman–Crippen MR) is 126 cm³/mol. The SMILES string of the molecule is CC(C)NC1CN(c2ncnc3c2nc(-c2ccccc2Cl)n3-c2ccc(Cl)cc2)C1. The molecule has 6 nitrogen and oxygen atoms in total. The van der Waals surface area contributed by atoms with Crippen molar-refractivity contribution < 1.29 is 0 Å². The zero-order valence-electron chi connectivity index (χ0n) is 17.3. The monoisotopic (exact) mass is 452 g/mol. The Kier molecular flexibility index (Phi) is 5.30. The zero-order valence-corrected chi connectivity index (χ0v) is 18.8. The van der Waals surface area contributed by atoms with E-state index in [4.69, 9.17) is 28.2 Å². The van der Waals surface area contributed by atoms with Gasteiger partial charge in [0.25, 0.3) is 0 Å². The van der Waals surface area contributed by atoms with Crippen molar-refractivity contribution in [3.05, 3.63) is 64.9 Å². The Morgan fingerprint density at radius 3 is 2.45 bits per heavy atom. The molecule has 4 aromatic rings. The van der Waals surface area contributed by atoms with Gasteiger partial charge in [0.05, 0.1) is 5.02 Å². The predicted octanol–water partition coefficient (Wildman–Crippen LogP) is 4.98. The number of rotatable bonds is 5. The van der Waals surface area contributed by atoms with Gasteiger partial charge in [0.2, 0.25) is 0 Å². The highest BCUT2D eigenvalue weighted by atomic mass is 35.5. The summed E-state index contributed by atoms with van der Waals surface area (Å²) in [7, 11) is 0. The molecule has 1 aliphatic rings. The van der Waals surface area contributed by atoms with Crippen molar-refractivity contribution in [3.63, 3.8) is 0 Å². The highest BCUT2D eigenvalue weighted by Gasteiger charge is 2.31. The quantitative estimate of drug-likeness (QED) is 0.462. The Bertz CT molecular complexity index is 1230. The Morgan fingerprint density at radius 2 is 1.74 bits per heavy atom. The van der Waals surface area contributed by atoms with Crippen LogP contribution in [0.1, 0.15) is 13.8 Å². The van der Waals surface area contributed by atoms with Gasteiger partial charge in [-0.15, -0.1) is 0 Å². The number of halogens is 2. The Balaban J connectivity index is 1.66. The maximum Gasteiger partial charge on any atom is 0.170 e. The topological polar surface area (TPSA) is 58.9 Å². The normalized spacial score (nSPS) is 14.4. The molecule has 0 aliphatic carbocycles. The lowest BCUT2D eigenvalue weighted by Crippen LogP contribution is -2.59. The van der Waals surface area contributed by atoms with Crippen molar-refractivity contribution in [1.82, 2.24) is 24.8 Å². The van der Waals surface area contributed by atoms with E-state index in [1.54, 1.807) is 6.33 Å². The van der Waals surface area contributed by atoms with Crippen molar-refractivity contribution >= 4 is 40.2 Å². The summed E-state index contributed by atoms with van der Waals surface area (Å²) in [4.78, 5) is 16.4. The molecule has 0 spiro atoms. The smallest absolute Gasteiger partial charge is 0.170 e. The summed E-state index contributed by atoms with van der Waals surface area (Å²) in [6.07, 6.45) is 1.60. The molecule has 5 rings (SSSR count). The highest BCUT2D eigenvalue weighted by Crippen LogP contribution is 2.35. The van der Waals surface area contributed by atoms with Gasteiger partial charge in [0.15, 0.2) is 17.0 Å². The molecule has 0 atom stereocenters. The van der Waals surface area contributed by atoms with Crippen LogP contribution in [0.4, 0.5) is 5.82 Å². The van der Waals surface area contributed by atoms with Gasteiger partial charge in [0.1, 0.15) is 12.2 Å². The number of benzene rings is 2. The summed E-state index contributed by atoms with van der Waals surface area (Å²) in [5.41, 5.74) is 3.25. The Hall–Kier alpha value is -2.67. The van der Waals surface area contributed by atoms with E-state index in [1.807, 2.05) is 53.1 Å². The van der Waals surface area contributed by atoms with Crippen LogP contribution in [0.5, 0.6) is 0 Å². The molecule has 0 unspecified atom stereocenters.